The molecule has 0 saturated heterocycles. The first kappa shape index (κ1) is 17.3. The Morgan fingerprint density at radius 1 is 1.44 bits per heavy atom. The predicted octanol–water partition coefficient (Wildman–Crippen LogP) is 1.79. The zero-order chi connectivity index (χ0) is 18.0. The molecule has 25 heavy (non-hydrogen) atoms. The number of thiophene rings is 1. The smallest absolute Gasteiger partial charge is 0.259 e. The molecule has 0 aliphatic heterocycles. The molecule has 7 nitrogen and oxygen atoms in total. The third kappa shape index (κ3) is 3.79. The van der Waals surface area contributed by atoms with Crippen LogP contribution in [-0.2, 0) is 17.8 Å². The van der Waals surface area contributed by atoms with Crippen LogP contribution in [0.5, 0.6) is 0 Å². The molecular weight excluding hydrogens is 338 g/mol. The Hall–Kier alpha value is -2.48. The van der Waals surface area contributed by atoms with Crippen LogP contribution in [0.4, 0.5) is 0 Å². The minimum atomic E-state index is -0.183. The third-order valence-electron chi connectivity index (χ3n) is 4.22. The van der Waals surface area contributed by atoms with Crippen molar-refractivity contribution < 1.29 is 4.79 Å². The van der Waals surface area contributed by atoms with E-state index in [2.05, 4.69) is 20.4 Å². The SMILES string of the molecule is Cc1sc2nc(CCNC(=O)C(C)Cn3cccn3)[nH]c(=O)c2c1C. The number of fused-ring (bicyclic) bond motifs is 1. The number of hydrogen-bond donors (Lipinski definition) is 2. The van der Waals surface area contributed by atoms with Crippen molar-refractivity contribution in [1.82, 2.24) is 25.1 Å². The topological polar surface area (TPSA) is 92.7 Å². The van der Waals surface area contributed by atoms with Crippen LogP contribution in [0.15, 0.2) is 23.3 Å². The van der Waals surface area contributed by atoms with Gasteiger partial charge in [-0.3, -0.25) is 14.3 Å². The van der Waals surface area contributed by atoms with Crippen molar-refractivity contribution in [2.24, 2.45) is 5.92 Å². The fourth-order valence-corrected chi connectivity index (χ4v) is 3.72. The Morgan fingerprint density at radius 3 is 2.96 bits per heavy atom. The highest BCUT2D eigenvalue weighted by molar-refractivity contribution is 7.18. The molecule has 1 unspecified atom stereocenters. The van der Waals surface area contributed by atoms with E-state index in [0.717, 1.165) is 15.3 Å². The molecule has 0 fully saturated rings. The van der Waals surface area contributed by atoms with Crippen LogP contribution in [-0.4, -0.2) is 32.2 Å². The summed E-state index contributed by atoms with van der Waals surface area (Å²) in [5, 5.41) is 7.66. The van der Waals surface area contributed by atoms with Crippen molar-refractivity contribution in [3.63, 3.8) is 0 Å². The molecule has 1 amide bonds. The highest BCUT2D eigenvalue weighted by Gasteiger charge is 2.14. The maximum Gasteiger partial charge on any atom is 0.259 e. The monoisotopic (exact) mass is 359 g/mol. The van der Waals surface area contributed by atoms with Gasteiger partial charge in [-0.1, -0.05) is 6.92 Å². The first-order chi connectivity index (χ1) is 12.0. The minimum absolute atomic E-state index is 0.0401. The minimum Gasteiger partial charge on any atom is -0.355 e. The quantitative estimate of drug-likeness (QED) is 0.702. The van der Waals surface area contributed by atoms with Crippen LogP contribution in [0, 0.1) is 19.8 Å². The van der Waals surface area contributed by atoms with Gasteiger partial charge in [-0.15, -0.1) is 11.3 Å². The number of nitrogens with zero attached hydrogens (tertiary/aromatic N) is 3. The zero-order valence-electron chi connectivity index (χ0n) is 14.5. The Bertz CT molecular complexity index is 942. The zero-order valence-corrected chi connectivity index (χ0v) is 15.3. The Morgan fingerprint density at radius 2 is 2.24 bits per heavy atom. The summed E-state index contributed by atoms with van der Waals surface area (Å²) in [6.07, 6.45) is 4.01. The van der Waals surface area contributed by atoms with Crippen LogP contribution in [0.3, 0.4) is 0 Å². The number of nitrogens with one attached hydrogen (secondary N) is 2. The van der Waals surface area contributed by atoms with Gasteiger partial charge in [0.05, 0.1) is 17.8 Å². The van der Waals surface area contributed by atoms with Gasteiger partial charge in [0.1, 0.15) is 10.7 Å². The molecule has 3 aromatic heterocycles. The van der Waals surface area contributed by atoms with Gasteiger partial charge in [-0.2, -0.15) is 5.10 Å². The number of aryl methyl sites for hydroxylation is 2. The first-order valence-corrected chi connectivity index (χ1v) is 9.01. The molecule has 3 rings (SSSR count). The Kier molecular flexibility index (Phi) is 4.98. The van der Waals surface area contributed by atoms with Crippen molar-refractivity contribution in [2.75, 3.05) is 6.54 Å². The van der Waals surface area contributed by atoms with E-state index < -0.39 is 0 Å². The van der Waals surface area contributed by atoms with E-state index in [0.29, 0.717) is 30.7 Å². The largest absolute Gasteiger partial charge is 0.355 e. The summed E-state index contributed by atoms with van der Waals surface area (Å²) in [5.41, 5.74) is 0.876. The summed E-state index contributed by atoms with van der Waals surface area (Å²) in [7, 11) is 0. The van der Waals surface area contributed by atoms with E-state index in [1.165, 1.54) is 11.3 Å². The maximum absolute atomic E-state index is 12.2. The number of carbonyl (C=O) groups excluding carboxylic acids is 1. The number of H-pyrrole nitrogens is 1. The lowest BCUT2D eigenvalue weighted by atomic mass is 10.1. The Labute approximate surface area is 149 Å². The van der Waals surface area contributed by atoms with Crippen molar-refractivity contribution in [3.8, 4) is 0 Å². The fraction of sp³-hybridized carbons (Fsp3) is 0.412. The highest BCUT2D eigenvalue weighted by atomic mass is 32.1. The van der Waals surface area contributed by atoms with Gasteiger partial charge >= 0.3 is 0 Å². The molecule has 3 heterocycles. The van der Waals surface area contributed by atoms with Gasteiger partial charge in [0, 0.05) is 30.2 Å². The van der Waals surface area contributed by atoms with Crippen LogP contribution < -0.4 is 10.9 Å². The van der Waals surface area contributed by atoms with Gasteiger partial charge in [0.15, 0.2) is 0 Å². The van der Waals surface area contributed by atoms with Gasteiger partial charge in [0.25, 0.3) is 5.56 Å². The molecule has 0 aliphatic rings. The van der Waals surface area contributed by atoms with E-state index in [1.807, 2.05) is 33.0 Å². The second-order valence-electron chi connectivity index (χ2n) is 6.15. The normalized spacial score (nSPS) is 12.4. The maximum atomic E-state index is 12.2. The summed E-state index contributed by atoms with van der Waals surface area (Å²) in [5.74, 6) is 0.373. The number of hydrogen-bond acceptors (Lipinski definition) is 5. The molecule has 8 heteroatoms. The van der Waals surface area contributed by atoms with Gasteiger partial charge in [-0.25, -0.2) is 4.98 Å². The molecule has 0 aromatic carbocycles. The average Bonchev–Trinajstić information content (AvgIpc) is 3.16. The summed E-state index contributed by atoms with van der Waals surface area (Å²) in [4.78, 5) is 33.6. The van der Waals surface area contributed by atoms with Crippen molar-refractivity contribution in [2.45, 2.75) is 33.7 Å². The lowest BCUT2D eigenvalue weighted by molar-refractivity contribution is -0.124. The average molecular weight is 359 g/mol. The molecule has 0 spiro atoms. The number of carbonyl (C=O) groups is 1. The molecule has 0 bridgehead atoms. The molecule has 3 aromatic rings. The second kappa shape index (κ2) is 7.18. The van der Waals surface area contributed by atoms with Crippen molar-refractivity contribution >= 4 is 27.5 Å². The van der Waals surface area contributed by atoms with Crippen LogP contribution in [0.25, 0.3) is 10.2 Å². The number of aromatic nitrogens is 4. The molecule has 0 radical (unpaired) electrons. The van der Waals surface area contributed by atoms with Crippen LogP contribution in [0.2, 0.25) is 0 Å². The molecule has 0 saturated carbocycles. The van der Waals surface area contributed by atoms with Gasteiger partial charge in [-0.05, 0) is 25.5 Å². The van der Waals surface area contributed by atoms with Crippen LogP contribution >= 0.6 is 11.3 Å². The van der Waals surface area contributed by atoms with Crippen LogP contribution in [0.1, 0.15) is 23.2 Å². The highest BCUT2D eigenvalue weighted by Crippen LogP contribution is 2.25. The van der Waals surface area contributed by atoms with Gasteiger partial charge < -0.3 is 10.3 Å². The van der Waals surface area contributed by atoms with E-state index in [9.17, 15) is 9.59 Å². The number of aromatic amines is 1. The molecular formula is C17H21N5O2S. The molecule has 1 atom stereocenters. The summed E-state index contributed by atoms with van der Waals surface area (Å²) in [6.45, 7) is 6.75. The predicted molar refractivity (Wildman–Crippen MR) is 97.8 cm³/mol. The summed E-state index contributed by atoms with van der Waals surface area (Å²) < 4.78 is 1.73. The summed E-state index contributed by atoms with van der Waals surface area (Å²) in [6, 6.07) is 1.83. The lowest BCUT2D eigenvalue weighted by Crippen LogP contribution is -2.33. The lowest BCUT2D eigenvalue weighted by Gasteiger charge is -2.12. The second-order valence-corrected chi connectivity index (χ2v) is 7.35. The Balaban J connectivity index is 1.59. The molecule has 2 N–H and O–H groups in total. The standard InChI is InChI=1S/C17H21N5O2S/c1-10(9-22-8-4-6-19-22)15(23)18-7-5-13-20-16(24)14-11(2)12(3)25-17(14)21-13/h4,6,8,10H,5,7,9H2,1-3H3,(H,18,23)(H,20,21,24). The number of rotatable bonds is 6. The van der Waals surface area contributed by atoms with E-state index in [4.69, 9.17) is 0 Å². The third-order valence-corrected chi connectivity index (χ3v) is 5.32. The van der Waals surface area contributed by atoms with E-state index in [-0.39, 0.29) is 17.4 Å². The summed E-state index contributed by atoms with van der Waals surface area (Å²) >= 11 is 1.53. The van der Waals surface area contributed by atoms with Crippen molar-refractivity contribution in [3.05, 3.63) is 45.1 Å². The number of amides is 1. The van der Waals surface area contributed by atoms with E-state index in [1.54, 1.807) is 10.9 Å². The van der Waals surface area contributed by atoms with E-state index >= 15 is 0 Å². The molecule has 132 valence electrons. The van der Waals surface area contributed by atoms with Crippen molar-refractivity contribution in [1.29, 1.82) is 0 Å². The van der Waals surface area contributed by atoms with Gasteiger partial charge in [0.2, 0.25) is 5.91 Å². The molecule has 0 aliphatic carbocycles. The first-order valence-electron chi connectivity index (χ1n) is 8.19. The fourth-order valence-electron chi connectivity index (χ4n) is 2.67.